The molecule has 21 heavy (non-hydrogen) atoms. The van der Waals surface area contributed by atoms with Crippen molar-refractivity contribution >= 4 is 11.5 Å². The summed E-state index contributed by atoms with van der Waals surface area (Å²) in [5.41, 5.74) is 0.603. The number of benzene rings is 1. The molecular formula is C14H16N4O3. The smallest absolute Gasteiger partial charge is 0.272 e. The lowest BCUT2D eigenvalue weighted by molar-refractivity contribution is -0.385. The molecule has 0 bridgehead atoms. The largest absolute Gasteiger partial charge is 0.439 e. The summed E-state index contributed by atoms with van der Waals surface area (Å²) < 4.78 is 5.67. The molecule has 0 spiro atoms. The Kier molecular flexibility index (Phi) is 4.32. The molecule has 0 saturated carbocycles. The van der Waals surface area contributed by atoms with Gasteiger partial charge in [0, 0.05) is 31.2 Å². The van der Waals surface area contributed by atoms with Crippen LogP contribution in [0.25, 0.3) is 0 Å². The summed E-state index contributed by atoms with van der Waals surface area (Å²) in [5, 5.41) is 13.7. The fourth-order valence-electron chi connectivity index (χ4n) is 1.83. The van der Waals surface area contributed by atoms with Crippen molar-refractivity contribution in [3.63, 3.8) is 0 Å². The number of hydrogen-bond donors (Lipinski definition) is 1. The second-order valence-electron chi connectivity index (χ2n) is 4.42. The van der Waals surface area contributed by atoms with Gasteiger partial charge in [-0.2, -0.15) is 4.98 Å². The minimum Gasteiger partial charge on any atom is -0.439 e. The number of nitro groups is 1. The third kappa shape index (κ3) is 3.44. The summed E-state index contributed by atoms with van der Waals surface area (Å²) in [6.07, 6.45) is 0.686. The molecule has 7 nitrogen and oxygen atoms in total. The predicted octanol–water partition coefficient (Wildman–Crippen LogP) is 3.09. The molecule has 0 atom stereocenters. The van der Waals surface area contributed by atoms with Crippen LogP contribution in [-0.2, 0) is 6.42 Å². The standard InChI is InChI=1S/C14H16N4O3/c1-4-12-16-13(15-3)8-14(17-12)21-10-5-6-11(18(19)20)9(2)7-10/h5-8H,4H2,1-3H3,(H,15,16,17). The zero-order chi connectivity index (χ0) is 15.4. The molecule has 110 valence electrons. The van der Waals surface area contributed by atoms with E-state index in [1.807, 2.05) is 6.92 Å². The summed E-state index contributed by atoms with van der Waals surface area (Å²) in [6.45, 7) is 3.62. The van der Waals surface area contributed by atoms with Crippen LogP contribution in [0.15, 0.2) is 24.3 Å². The van der Waals surface area contributed by atoms with Gasteiger partial charge in [-0.05, 0) is 19.1 Å². The summed E-state index contributed by atoms with van der Waals surface area (Å²) in [5.74, 6) is 2.23. The molecular weight excluding hydrogens is 272 g/mol. The van der Waals surface area contributed by atoms with Crippen molar-refractivity contribution in [2.45, 2.75) is 20.3 Å². The first-order valence-corrected chi connectivity index (χ1v) is 6.52. The van der Waals surface area contributed by atoms with E-state index in [9.17, 15) is 10.1 Å². The second kappa shape index (κ2) is 6.17. The molecule has 0 aliphatic heterocycles. The lowest BCUT2D eigenvalue weighted by Gasteiger charge is -2.09. The Balaban J connectivity index is 2.29. The maximum atomic E-state index is 10.8. The molecule has 7 heteroatoms. The lowest BCUT2D eigenvalue weighted by Crippen LogP contribution is -2.01. The Morgan fingerprint density at radius 3 is 2.67 bits per heavy atom. The van der Waals surface area contributed by atoms with E-state index < -0.39 is 4.92 Å². The minimum absolute atomic E-state index is 0.0650. The molecule has 2 aromatic rings. The van der Waals surface area contributed by atoms with Crippen LogP contribution >= 0.6 is 0 Å². The van der Waals surface area contributed by atoms with Crippen molar-refractivity contribution in [1.29, 1.82) is 0 Å². The van der Waals surface area contributed by atoms with Gasteiger partial charge in [0.15, 0.2) is 0 Å². The van der Waals surface area contributed by atoms with Crippen LogP contribution in [0, 0.1) is 17.0 Å². The summed E-state index contributed by atoms with van der Waals surface area (Å²) in [4.78, 5) is 18.9. The molecule has 0 amide bonds. The molecule has 1 N–H and O–H groups in total. The number of hydrogen-bond acceptors (Lipinski definition) is 6. The zero-order valence-corrected chi connectivity index (χ0v) is 12.1. The number of ether oxygens (including phenoxy) is 1. The van der Waals surface area contributed by atoms with E-state index in [-0.39, 0.29) is 5.69 Å². The molecule has 0 fully saturated rings. The van der Waals surface area contributed by atoms with Gasteiger partial charge in [-0.15, -0.1) is 0 Å². The van der Waals surface area contributed by atoms with E-state index >= 15 is 0 Å². The third-order valence-electron chi connectivity index (χ3n) is 2.91. The first-order valence-electron chi connectivity index (χ1n) is 6.52. The number of aryl methyl sites for hydroxylation is 2. The van der Waals surface area contributed by atoms with Gasteiger partial charge >= 0.3 is 0 Å². The van der Waals surface area contributed by atoms with Gasteiger partial charge < -0.3 is 10.1 Å². The van der Waals surface area contributed by atoms with Gasteiger partial charge in [-0.25, -0.2) is 4.98 Å². The number of rotatable bonds is 5. The Morgan fingerprint density at radius 2 is 2.10 bits per heavy atom. The van der Waals surface area contributed by atoms with Crippen LogP contribution in [0.1, 0.15) is 18.3 Å². The molecule has 0 unspecified atom stereocenters. The molecule has 0 radical (unpaired) electrons. The van der Waals surface area contributed by atoms with Gasteiger partial charge in [0.25, 0.3) is 5.69 Å². The number of aromatic nitrogens is 2. The molecule has 0 saturated heterocycles. The molecule has 1 aromatic carbocycles. The van der Waals surface area contributed by atoms with Crippen molar-refractivity contribution in [1.82, 2.24) is 9.97 Å². The number of nitro benzene ring substituents is 1. The summed E-state index contributed by atoms with van der Waals surface area (Å²) >= 11 is 0. The highest BCUT2D eigenvalue weighted by molar-refractivity contribution is 5.46. The SMILES string of the molecule is CCc1nc(NC)cc(Oc2ccc([N+](=O)[O-])c(C)c2)n1. The van der Waals surface area contributed by atoms with Crippen molar-refractivity contribution in [2.24, 2.45) is 0 Å². The highest BCUT2D eigenvalue weighted by Gasteiger charge is 2.12. The number of anilines is 1. The quantitative estimate of drug-likeness (QED) is 0.671. The maximum Gasteiger partial charge on any atom is 0.272 e. The maximum absolute atomic E-state index is 10.8. The van der Waals surface area contributed by atoms with Gasteiger partial charge in [-0.3, -0.25) is 10.1 Å². The third-order valence-corrected chi connectivity index (χ3v) is 2.91. The Hall–Kier alpha value is -2.70. The fraction of sp³-hybridized carbons (Fsp3) is 0.286. The van der Waals surface area contributed by atoms with E-state index in [0.717, 1.165) is 0 Å². The van der Waals surface area contributed by atoms with Crippen LogP contribution < -0.4 is 10.1 Å². The molecule has 1 heterocycles. The topological polar surface area (TPSA) is 90.2 Å². The fourth-order valence-corrected chi connectivity index (χ4v) is 1.83. The van der Waals surface area contributed by atoms with E-state index in [0.29, 0.717) is 35.3 Å². The monoisotopic (exact) mass is 288 g/mol. The first kappa shape index (κ1) is 14.7. The summed E-state index contributed by atoms with van der Waals surface area (Å²) in [7, 11) is 1.77. The van der Waals surface area contributed by atoms with Crippen LogP contribution in [0.5, 0.6) is 11.6 Å². The van der Waals surface area contributed by atoms with Gasteiger partial charge in [0.2, 0.25) is 5.88 Å². The van der Waals surface area contributed by atoms with Gasteiger partial charge in [0.05, 0.1) is 4.92 Å². The van der Waals surface area contributed by atoms with Crippen LogP contribution in [0.3, 0.4) is 0 Å². The molecule has 1 aromatic heterocycles. The number of nitrogens with one attached hydrogen (secondary N) is 1. The molecule has 0 aliphatic rings. The molecule has 2 rings (SSSR count). The number of nitrogens with zero attached hydrogens (tertiary/aromatic N) is 3. The van der Waals surface area contributed by atoms with E-state index in [1.54, 1.807) is 32.2 Å². The average molecular weight is 288 g/mol. The summed E-state index contributed by atoms with van der Waals surface area (Å²) in [6, 6.07) is 6.27. The van der Waals surface area contributed by atoms with Crippen molar-refractivity contribution < 1.29 is 9.66 Å². The normalized spacial score (nSPS) is 10.2. The Labute approximate surface area is 122 Å². The van der Waals surface area contributed by atoms with Crippen LogP contribution in [0.4, 0.5) is 11.5 Å². The van der Waals surface area contributed by atoms with Crippen LogP contribution in [0.2, 0.25) is 0 Å². The van der Waals surface area contributed by atoms with E-state index in [4.69, 9.17) is 4.74 Å². The predicted molar refractivity (Wildman–Crippen MR) is 78.9 cm³/mol. The average Bonchev–Trinajstić information content (AvgIpc) is 2.46. The first-order chi connectivity index (χ1) is 10.0. The Bertz CT molecular complexity index is 651. The van der Waals surface area contributed by atoms with Crippen molar-refractivity contribution in [3.05, 3.63) is 45.8 Å². The van der Waals surface area contributed by atoms with Crippen LogP contribution in [-0.4, -0.2) is 21.9 Å². The van der Waals surface area contributed by atoms with Crippen molar-refractivity contribution in [2.75, 3.05) is 12.4 Å². The molecule has 0 aliphatic carbocycles. The minimum atomic E-state index is -0.419. The van der Waals surface area contributed by atoms with Gasteiger partial charge in [0.1, 0.15) is 17.4 Å². The van der Waals surface area contributed by atoms with Crippen molar-refractivity contribution in [3.8, 4) is 11.6 Å². The lowest BCUT2D eigenvalue weighted by atomic mass is 10.2. The van der Waals surface area contributed by atoms with E-state index in [1.165, 1.54) is 6.07 Å². The van der Waals surface area contributed by atoms with Gasteiger partial charge in [-0.1, -0.05) is 6.92 Å². The second-order valence-corrected chi connectivity index (χ2v) is 4.42. The highest BCUT2D eigenvalue weighted by Crippen LogP contribution is 2.27. The Morgan fingerprint density at radius 1 is 1.33 bits per heavy atom. The zero-order valence-electron chi connectivity index (χ0n) is 12.1. The van der Waals surface area contributed by atoms with E-state index in [2.05, 4.69) is 15.3 Å². The highest BCUT2D eigenvalue weighted by atomic mass is 16.6.